The van der Waals surface area contributed by atoms with Gasteiger partial charge in [0.2, 0.25) is 0 Å². The normalized spacial score (nSPS) is 30.1. The molecule has 0 aromatic carbocycles. The molecule has 2 aliphatic rings. The summed E-state index contributed by atoms with van der Waals surface area (Å²) in [4.78, 5) is 4.23. The zero-order valence-electron chi connectivity index (χ0n) is 11.1. The van der Waals surface area contributed by atoms with Gasteiger partial charge in [0.1, 0.15) is 0 Å². The van der Waals surface area contributed by atoms with E-state index < -0.39 is 0 Å². The number of hydrogen-bond donors (Lipinski definition) is 2. The Hall–Kier alpha value is -0.0800. The number of aliphatic imine (C=N–C) groups is 1. The summed E-state index contributed by atoms with van der Waals surface area (Å²) in [5.41, 5.74) is 0. The van der Waals surface area contributed by atoms with Crippen molar-refractivity contribution in [3.63, 3.8) is 0 Å². The Morgan fingerprint density at radius 1 is 1.44 bits per heavy atom. The van der Waals surface area contributed by atoms with Crippen molar-refractivity contribution in [2.24, 2.45) is 4.99 Å². The Bertz CT molecular complexity index is 276. The van der Waals surface area contributed by atoms with Crippen molar-refractivity contribution in [2.45, 2.75) is 43.9 Å². The molecule has 3 atom stereocenters. The Kier molecular flexibility index (Phi) is 7.25. The molecule has 2 heterocycles. The third kappa shape index (κ3) is 4.24. The molecule has 0 radical (unpaired) electrons. The lowest BCUT2D eigenvalue weighted by molar-refractivity contribution is 0.0992. The van der Waals surface area contributed by atoms with E-state index in [0.29, 0.717) is 18.2 Å². The van der Waals surface area contributed by atoms with Crippen LogP contribution in [0.2, 0.25) is 0 Å². The lowest BCUT2D eigenvalue weighted by Gasteiger charge is -2.22. The lowest BCUT2D eigenvalue weighted by atomic mass is 9.96. The van der Waals surface area contributed by atoms with Gasteiger partial charge in [-0.3, -0.25) is 4.99 Å². The molecule has 3 unspecified atom stereocenters. The van der Waals surface area contributed by atoms with Gasteiger partial charge in [-0.15, -0.1) is 24.0 Å². The number of halogens is 1. The van der Waals surface area contributed by atoms with Crippen LogP contribution in [-0.2, 0) is 9.47 Å². The molecule has 0 spiro atoms. The quantitative estimate of drug-likeness (QED) is 0.330. The van der Waals surface area contributed by atoms with Gasteiger partial charge in [0, 0.05) is 27.3 Å². The number of hydrogen-bond acceptors (Lipinski definition) is 3. The van der Waals surface area contributed by atoms with Crippen LogP contribution < -0.4 is 10.6 Å². The van der Waals surface area contributed by atoms with Crippen molar-refractivity contribution >= 4 is 29.9 Å². The van der Waals surface area contributed by atoms with Gasteiger partial charge in [-0.1, -0.05) is 0 Å². The first-order chi connectivity index (χ1) is 8.33. The summed E-state index contributed by atoms with van der Waals surface area (Å²) in [6, 6.07) is 0.433. The minimum Gasteiger partial charge on any atom is -0.385 e. The Labute approximate surface area is 126 Å². The van der Waals surface area contributed by atoms with Gasteiger partial charge >= 0.3 is 0 Å². The summed E-state index contributed by atoms with van der Waals surface area (Å²) in [7, 11) is 3.53. The van der Waals surface area contributed by atoms with Gasteiger partial charge in [-0.25, -0.2) is 0 Å². The summed E-state index contributed by atoms with van der Waals surface area (Å²) in [6.45, 7) is 1.66. The van der Waals surface area contributed by atoms with Crippen molar-refractivity contribution in [2.75, 3.05) is 27.3 Å². The molecule has 0 aliphatic carbocycles. The molecule has 0 aromatic rings. The highest BCUT2D eigenvalue weighted by Crippen LogP contribution is 2.34. The topological polar surface area (TPSA) is 54.9 Å². The van der Waals surface area contributed by atoms with Crippen molar-refractivity contribution in [1.82, 2.24) is 10.6 Å². The number of nitrogens with zero attached hydrogens (tertiary/aromatic N) is 1. The standard InChI is InChI=1S/C12H23N3O2.HI/c1-13-12(14-6-3-7-16-2)15-10-8-9-4-5-11(10)17-9;/h9-11H,3-8H2,1-2H3,(H2,13,14,15);1H. The molecule has 0 aromatic heterocycles. The van der Waals surface area contributed by atoms with E-state index in [1.165, 1.54) is 12.8 Å². The highest BCUT2D eigenvalue weighted by Gasteiger charge is 2.40. The molecule has 2 aliphatic heterocycles. The van der Waals surface area contributed by atoms with Gasteiger partial charge in [-0.05, 0) is 25.7 Å². The van der Waals surface area contributed by atoms with E-state index in [-0.39, 0.29) is 24.0 Å². The number of ether oxygens (including phenoxy) is 2. The van der Waals surface area contributed by atoms with Crippen LogP contribution in [0.3, 0.4) is 0 Å². The Morgan fingerprint density at radius 2 is 2.28 bits per heavy atom. The van der Waals surface area contributed by atoms with Gasteiger partial charge in [-0.2, -0.15) is 0 Å². The number of guanidine groups is 1. The van der Waals surface area contributed by atoms with Crippen molar-refractivity contribution in [3.8, 4) is 0 Å². The Balaban J connectivity index is 0.00000162. The molecule has 0 amide bonds. The van der Waals surface area contributed by atoms with Gasteiger partial charge < -0.3 is 20.1 Å². The second-order valence-corrected chi connectivity index (χ2v) is 4.71. The predicted molar refractivity (Wildman–Crippen MR) is 82.7 cm³/mol. The van der Waals surface area contributed by atoms with Crippen molar-refractivity contribution in [3.05, 3.63) is 0 Å². The fraction of sp³-hybridized carbons (Fsp3) is 0.917. The highest BCUT2D eigenvalue weighted by atomic mass is 127. The van der Waals surface area contributed by atoms with Crippen LogP contribution in [0.5, 0.6) is 0 Å². The largest absolute Gasteiger partial charge is 0.385 e. The zero-order valence-corrected chi connectivity index (χ0v) is 13.5. The second kappa shape index (κ2) is 8.16. The first-order valence-electron chi connectivity index (χ1n) is 6.45. The summed E-state index contributed by atoms with van der Waals surface area (Å²) >= 11 is 0. The average Bonchev–Trinajstić information content (AvgIpc) is 2.95. The molecule has 2 fully saturated rings. The third-order valence-corrected chi connectivity index (χ3v) is 3.47. The maximum atomic E-state index is 5.81. The Morgan fingerprint density at radius 3 is 2.83 bits per heavy atom. The van der Waals surface area contributed by atoms with E-state index in [4.69, 9.17) is 9.47 Å². The van der Waals surface area contributed by atoms with Gasteiger partial charge in [0.05, 0.1) is 18.2 Å². The monoisotopic (exact) mass is 369 g/mol. The molecule has 18 heavy (non-hydrogen) atoms. The van der Waals surface area contributed by atoms with E-state index in [1.54, 1.807) is 14.2 Å². The molecular weight excluding hydrogens is 345 g/mol. The molecule has 0 saturated carbocycles. The summed E-state index contributed by atoms with van der Waals surface area (Å²) in [5.74, 6) is 0.877. The zero-order chi connectivity index (χ0) is 12.1. The SMILES string of the molecule is CN=C(NCCCOC)NC1CC2CCC1O2.I. The molecular formula is C12H24IN3O2. The fourth-order valence-corrected chi connectivity index (χ4v) is 2.58. The number of fused-ring (bicyclic) bond motifs is 2. The molecule has 5 nitrogen and oxygen atoms in total. The van der Waals surface area contributed by atoms with Crippen LogP contribution in [0.25, 0.3) is 0 Å². The smallest absolute Gasteiger partial charge is 0.191 e. The van der Waals surface area contributed by atoms with E-state index in [9.17, 15) is 0 Å². The highest BCUT2D eigenvalue weighted by molar-refractivity contribution is 14.0. The minimum atomic E-state index is 0. The number of rotatable bonds is 5. The molecule has 6 heteroatoms. The lowest BCUT2D eigenvalue weighted by Crippen LogP contribution is -2.47. The van der Waals surface area contributed by atoms with Crippen molar-refractivity contribution in [1.29, 1.82) is 0 Å². The molecule has 2 saturated heterocycles. The van der Waals surface area contributed by atoms with Crippen LogP contribution in [-0.4, -0.2) is 51.5 Å². The average molecular weight is 369 g/mol. The summed E-state index contributed by atoms with van der Waals surface area (Å²) in [6.07, 6.45) is 5.38. The van der Waals surface area contributed by atoms with Gasteiger partial charge in [0.25, 0.3) is 0 Å². The third-order valence-electron chi connectivity index (χ3n) is 3.47. The van der Waals surface area contributed by atoms with Crippen LogP contribution in [0, 0.1) is 0 Å². The van der Waals surface area contributed by atoms with E-state index in [2.05, 4.69) is 15.6 Å². The molecule has 2 N–H and O–H groups in total. The maximum absolute atomic E-state index is 5.81. The predicted octanol–water partition coefficient (Wildman–Crippen LogP) is 1.13. The fourth-order valence-electron chi connectivity index (χ4n) is 2.58. The van der Waals surface area contributed by atoms with E-state index in [0.717, 1.165) is 32.0 Å². The van der Waals surface area contributed by atoms with Crippen LogP contribution in [0.1, 0.15) is 25.7 Å². The summed E-state index contributed by atoms with van der Waals surface area (Å²) < 4.78 is 10.8. The van der Waals surface area contributed by atoms with E-state index >= 15 is 0 Å². The van der Waals surface area contributed by atoms with Crippen LogP contribution in [0.15, 0.2) is 4.99 Å². The maximum Gasteiger partial charge on any atom is 0.191 e. The second-order valence-electron chi connectivity index (χ2n) is 4.71. The molecule has 106 valence electrons. The first-order valence-corrected chi connectivity index (χ1v) is 6.45. The van der Waals surface area contributed by atoms with Crippen LogP contribution >= 0.6 is 24.0 Å². The number of nitrogens with one attached hydrogen (secondary N) is 2. The molecule has 2 rings (SSSR count). The van der Waals surface area contributed by atoms with Crippen molar-refractivity contribution < 1.29 is 9.47 Å². The minimum absolute atomic E-state index is 0. The van der Waals surface area contributed by atoms with Crippen LogP contribution in [0.4, 0.5) is 0 Å². The van der Waals surface area contributed by atoms with Gasteiger partial charge in [0.15, 0.2) is 5.96 Å². The summed E-state index contributed by atoms with van der Waals surface area (Å²) in [5, 5.41) is 6.74. The molecule has 2 bridgehead atoms. The first kappa shape index (κ1) is 16.0. The van der Waals surface area contributed by atoms with E-state index in [1.807, 2.05) is 0 Å². The number of methoxy groups -OCH3 is 1.